The first-order valence-corrected chi connectivity index (χ1v) is 10.6. The number of rotatable bonds is 6. The van der Waals surface area contributed by atoms with Crippen LogP contribution in [0.25, 0.3) is 11.0 Å². The fourth-order valence-electron chi connectivity index (χ4n) is 3.14. The van der Waals surface area contributed by atoms with Crippen molar-refractivity contribution in [1.29, 1.82) is 0 Å². The Morgan fingerprint density at radius 3 is 2.90 bits per heavy atom. The van der Waals surface area contributed by atoms with Gasteiger partial charge in [0.15, 0.2) is 11.5 Å². The molecule has 1 aliphatic rings. The summed E-state index contributed by atoms with van der Waals surface area (Å²) < 4.78 is 43.3. The van der Waals surface area contributed by atoms with E-state index in [1.807, 2.05) is 20.8 Å². The first-order valence-electron chi connectivity index (χ1n) is 9.23. The summed E-state index contributed by atoms with van der Waals surface area (Å²) in [6.07, 6.45) is 1.48. The molecule has 0 aliphatic carbocycles. The summed E-state index contributed by atoms with van der Waals surface area (Å²) in [5.41, 5.74) is 2.53. The molecule has 1 aromatic carbocycles. The van der Waals surface area contributed by atoms with Crippen molar-refractivity contribution < 1.29 is 23.2 Å². The van der Waals surface area contributed by atoms with Gasteiger partial charge in [-0.1, -0.05) is 0 Å². The minimum absolute atomic E-state index is 0. The summed E-state index contributed by atoms with van der Waals surface area (Å²) in [5, 5.41) is 0.289. The van der Waals surface area contributed by atoms with Crippen LogP contribution in [-0.4, -0.2) is 74.2 Å². The molecule has 10 heteroatoms. The fourth-order valence-corrected chi connectivity index (χ4v) is 4.24. The third-order valence-corrected chi connectivity index (χ3v) is 5.82. The van der Waals surface area contributed by atoms with E-state index in [9.17, 15) is 8.94 Å². The van der Waals surface area contributed by atoms with E-state index < -0.39 is 17.0 Å². The van der Waals surface area contributed by atoms with Gasteiger partial charge in [0.1, 0.15) is 24.3 Å². The third kappa shape index (κ3) is 5.34. The van der Waals surface area contributed by atoms with Crippen LogP contribution in [0.15, 0.2) is 35.6 Å². The first kappa shape index (κ1) is 23.5. The van der Waals surface area contributed by atoms with Gasteiger partial charge in [-0.2, -0.15) is 4.98 Å². The molecule has 7 nitrogen and oxygen atoms in total. The number of H-pyrrole nitrogens is 1. The Labute approximate surface area is 199 Å². The van der Waals surface area contributed by atoms with Crippen LogP contribution in [0.1, 0.15) is 25.1 Å². The third-order valence-electron chi connectivity index (χ3n) is 4.66. The summed E-state index contributed by atoms with van der Waals surface area (Å²) in [5.74, 6) is -0.156. The van der Waals surface area contributed by atoms with Crippen molar-refractivity contribution in [3.63, 3.8) is 0 Å². The van der Waals surface area contributed by atoms with Gasteiger partial charge >= 0.3 is 34.7 Å². The van der Waals surface area contributed by atoms with E-state index in [-0.39, 0.29) is 52.4 Å². The summed E-state index contributed by atoms with van der Waals surface area (Å²) >= 11 is -1.46. The molecule has 2 aromatic heterocycles. The van der Waals surface area contributed by atoms with Gasteiger partial charge in [-0.3, -0.25) is 9.97 Å². The molecule has 2 atom stereocenters. The molecule has 2 unspecified atom stereocenters. The standard InChI is InChI=1S/C20H22FN3O4S.Na.H/c1-12-17(11-29(25)19-23-15-5-4-13(21)8-16(15)24-19)22-7-6-18(12)26-9-14-10-27-20(2,3)28-14;;/h4-8,14H,9-11H2,1-3H3,(H,23,24);;. The van der Waals surface area contributed by atoms with E-state index >= 15 is 0 Å². The predicted octanol–water partition coefficient (Wildman–Crippen LogP) is 2.60. The van der Waals surface area contributed by atoms with Crippen molar-refractivity contribution in [3.8, 4) is 5.75 Å². The number of hydrogen-bond donors (Lipinski definition) is 1. The van der Waals surface area contributed by atoms with E-state index in [1.54, 1.807) is 18.3 Å². The van der Waals surface area contributed by atoms with Gasteiger partial charge in [-0.15, -0.1) is 0 Å². The predicted molar refractivity (Wildman–Crippen MR) is 113 cm³/mol. The molecule has 3 heterocycles. The number of nitrogens with one attached hydrogen (secondary N) is 1. The second-order valence-electron chi connectivity index (χ2n) is 7.34. The number of hydrogen-bond acceptors (Lipinski definition) is 6. The minimum atomic E-state index is -1.46. The number of imidazole rings is 1. The fraction of sp³-hybridized carbons (Fsp3) is 0.400. The number of fused-ring (bicyclic) bond motifs is 1. The van der Waals surface area contributed by atoms with Crippen LogP contribution in [-0.2, 0) is 26.4 Å². The zero-order valence-electron chi connectivity index (χ0n) is 16.4. The molecule has 1 aliphatic heterocycles. The van der Waals surface area contributed by atoms with Crippen LogP contribution < -0.4 is 4.74 Å². The van der Waals surface area contributed by atoms with E-state index in [0.29, 0.717) is 35.7 Å². The Morgan fingerprint density at radius 1 is 1.37 bits per heavy atom. The Balaban J connectivity index is 0.00000256. The first-order chi connectivity index (χ1) is 13.8. The average molecular weight is 443 g/mol. The van der Waals surface area contributed by atoms with Crippen LogP contribution in [0.4, 0.5) is 4.39 Å². The van der Waals surface area contributed by atoms with Crippen LogP contribution in [0, 0.1) is 12.7 Å². The monoisotopic (exact) mass is 443 g/mol. The van der Waals surface area contributed by atoms with Crippen molar-refractivity contribution in [1.82, 2.24) is 15.0 Å². The molecule has 30 heavy (non-hydrogen) atoms. The van der Waals surface area contributed by atoms with Gasteiger partial charge in [-0.25, -0.2) is 4.39 Å². The Hall–Kier alpha value is -1.20. The average Bonchev–Trinajstić information content (AvgIpc) is 3.24. The Bertz CT molecular complexity index is 1030. The molecule has 0 bridgehead atoms. The number of halogens is 1. The summed E-state index contributed by atoms with van der Waals surface area (Å²) in [7, 11) is 0. The molecule has 3 aromatic rings. The summed E-state index contributed by atoms with van der Waals surface area (Å²) in [4.78, 5) is 11.6. The van der Waals surface area contributed by atoms with Crippen LogP contribution in [0.2, 0.25) is 0 Å². The molecule has 1 N–H and O–H groups in total. The maximum absolute atomic E-state index is 13.3. The van der Waals surface area contributed by atoms with Gasteiger partial charge in [-0.05, 0) is 39.0 Å². The van der Waals surface area contributed by atoms with Gasteiger partial charge in [0.2, 0.25) is 0 Å². The Kier molecular flexibility index (Phi) is 7.44. The normalized spacial score (nSPS) is 18.9. The quantitative estimate of drug-likeness (QED) is 0.465. The zero-order chi connectivity index (χ0) is 20.6. The van der Waals surface area contributed by atoms with Crippen LogP contribution >= 0.6 is 0 Å². The van der Waals surface area contributed by atoms with Crippen molar-refractivity contribution in [2.45, 2.75) is 43.6 Å². The molecular weight excluding hydrogens is 420 g/mol. The number of aromatic amines is 1. The summed E-state index contributed by atoms with van der Waals surface area (Å²) in [6.45, 7) is 6.43. The van der Waals surface area contributed by atoms with Crippen molar-refractivity contribution >= 4 is 51.8 Å². The van der Waals surface area contributed by atoms with E-state index in [2.05, 4.69) is 15.0 Å². The number of nitrogens with zero attached hydrogens (tertiary/aromatic N) is 2. The molecule has 0 amide bonds. The molecule has 156 valence electrons. The Morgan fingerprint density at radius 2 is 2.17 bits per heavy atom. The maximum atomic E-state index is 13.3. The van der Waals surface area contributed by atoms with Crippen molar-refractivity contribution in [2.24, 2.45) is 0 Å². The van der Waals surface area contributed by atoms with Crippen LogP contribution in [0.3, 0.4) is 0 Å². The number of pyridine rings is 1. The van der Waals surface area contributed by atoms with Crippen LogP contribution in [0.5, 0.6) is 5.75 Å². The molecule has 1 fully saturated rings. The molecular formula is C20H23FN3NaO4S. The SMILES string of the molecule is Cc1c(OCC2COC(C)(C)O2)ccnc1C[S+]([O-])c1nc2cc(F)ccc2[nH]1.[NaH]. The van der Waals surface area contributed by atoms with Crippen molar-refractivity contribution in [2.75, 3.05) is 13.2 Å². The van der Waals surface area contributed by atoms with E-state index in [0.717, 1.165) is 5.56 Å². The zero-order valence-corrected chi connectivity index (χ0v) is 17.2. The van der Waals surface area contributed by atoms with Gasteiger partial charge in [0.25, 0.3) is 0 Å². The number of ether oxygens (including phenoxy) is 3. The molecule has 0 saturated carbocycles. The number of benzene rings is 1. The van der Waals surface area contributed by atoms with Crippen molar-refractivity contribution in [3.05, 3.63) is 47.5 Å². The number of aromatic nitrogens is 3. The van der Waals surface area contributed by atoms with E-state index in [1.165, 1.54) is 12.1 Å². The van der Waals surface area contributed by atoms with Gasteiger partial charge < -0.3 is 18.8 Å². The van der Waals surface area contributed by atoms with Gasteiger partial charge in [0, 0.05) is 29.0 Å². The van der Waals surface area contributed by atoms with Gasteiger partial charge in [0.05, 0.1) is 23.3 Å². The second-order valence-corrected chi connectivity index (χ2v) is 8.70. The molecule has 0 radical (unpaired) electrons. The second kappa shape index (κ2) is 9.52. The topological polar surface area (TPSA) is 92.3 Å². The molecule has 0 spiro atoms. The molecule has 4 rings (SSSR count). The summed E-state index contributed by atoms with van der Waals surface area (Å²) in [6, 6.07) is 5.99. The molecule has 1 saturated heterocycles. The van der Waals surface area contributed by atoms with E-state index in [4.69, 9.17) is 14.2 Å².